The molecule has 28 heavy (non-hydrogen) atoms. The van der Waals surface area contributed by atoms with Gasteiger partial charge in [-0.15, -0.1) is 0 Å². The summed E-state index contributed by atoms with van der Waals surface area (Å²) in [4.78, 5) is 30.0. The monoisotopic (exact) mass is 385 g/mol. The SMILES string of the molecule is COc1ccccc1NC1=CC(=O)c2c(nc3n2C[C@@H]([C@H](O)CO)OC3)C1=O. The van der Waals surface area contributed by atoms with Gasteiger partial charge in [0, 0.05) is 6.08 Å². The van der Waals surface area contributed by atoms with Gasteiger partial charge in [-0.05, 0) is 12.1 Å². The number of fused-ring (bicyclic) bond motifs is 3. The molecule has 0 bridgehead atoms. The standard InChI is InChI=1S/C19H19N3O6/c1-27-14-5-3-2-4-10(14)20-11-6-12(24)18-17(19(11)26)21-16-9-28-15(7-22(16)18)13(25)8-23/h2-6,13,15,20,23,25H,7-9H2,1H3/t13-,15+/m1/s1. The first-order valence-electron chi connectivity index (χ1n) is 8.74. The summed E-state index contributed by atoms with van der Waals surface area (Å²) < 4.78 is 12.3. The number of para-hydroxylation sites is 2. The number of nitrogens with zero attached hydrogens (tertiary/aromatic N) is 2. The highest BCUT2D eigenvalue weighted by molar-refractivity contribution is 6.24. The van der Waals surface area contributed by atoms with Crippen molar-refractivity contribution in [2.24, 2.45) is 0 Å². The molecule has 146 valence electrons. The van der Waals surface area contributed by atoms with Crippen molar-refractivity contribution in [2.75, 3.05) is 19.0 Å². The van der Waals surface area contributed by atoms with E-state index in [0.29, 0.717) is 17.3 Å². The number of aromatic nitrogens is 2. The number of carbonyl (C=O) groups is 2. The molecule has 0 radical (unpaired) electrons. The van der Waals surface area contributed by atoms with Crippen LogP contribution in [0.3, 0.4) is 0 Å². The van der Waals surface area contributed by atoms with Crippen LogP contribution in [0.25, 0.3) is 0 Å². The lowest BCUT2D eigenvalue weighted by Gasteiger charge is -2.28. The fraction of sp³-hybridized carbons (Fsp3) is 0.316. The fourth-order valence-electron chi connectivity index (χ4n) is 3.36. The first-order chi connectivity index (χ1) is 13.5. The van der Waals surface area contributed by atoms with Crippen molar-refractivity contribution in [1.29, 1.82) is 0 Å². The molecule has 0 amide bonds. The molecule has 9 heteroatoms. The van der Waals surface area contributed by atoms with E-state index in [0.717, 1.165) is 0 Å². The summed E-state index contributed by atoms with van der Waals surface area (Å²) in [5.41, 5.74) is 0.872. The third kappa shape index (κ3) is 2.99. The Morgan fingerprint density at radius 2 is 2.18 bits per heavy atom. The molecule has 1 aliphatic carbocycles. The molecule has 0 fully saturated rings. The average Bonchev–Trinajstić information content (AvgIpc) is 3.11. The van der Waals surface area contributed by atoms with Crippen LogP contribution in [0, 0.1) is 0 Å². The van der Waals surface area contributed by atoms with E-state index in [4.69, 9.17) is 14.6 Å². The predicted molar refractivity (Wildman–Crippen MR) is 97.3 cm³/mol. The molecule has 0 saturated carbocycles. The molecule has 2 heterocycles. The number of aliphatic hydroxyl groups is 2. The lowest BCUT2D eigenvalue weighted by molar-refractivity contribution is -0.0873. The van der Waals surface area contributed by atoms with Crippen molar-refractivity contribution >= 4 is 17.3 Å². The number of allylic oxidation sites excluding steroid dienone is 2. The second-order valence-electron chi connectivity index (χ2n) is 6.51. The Bertz CT molecular complexity index is 980. The van der Waals surface area contributed by atoms with E-state index in [1.54, 1.807) is 28.8 Å². The smallest absolute Gasteiger partial charge is 0.230 e. The normalized spacial score (nSPS) is 19.5. The van der Waals surface area contributed by atoms with Crippen molar-refractivity contribution in [3.63, 3.8) is 0 Å². The Balaban J connectivity index is 1.66. The summed E-state index contributed by atoms with van der Waals surface area (Å²) in [6, 6.07) is 7.05. The van der Waals surface area contributed by atoms with E-state index >= 15 is 0 Å². The number of ether oxygens (including phenoxy) is 2. The molecular weight excluding hydrogens is 366 g/mol. The van der Waals surface area contributed by atoms with Crippen LogP contribution in [0.5, 0.6) is 5.75 Å². The largest absolute Gasteiger partial charge is 0.495 e. The third-order valence-electron chi connectivity index (χ3n) is 4.80. The summed E-state index contributed by atoms with van der Waals surface area (Å²) >= 11 is 0. The molecule has 0 spiro atoms. The van der Waals surface area contributed by atoms with Crippen molar-refractivity contribution in [2.45, 2.75) is 25.4 Å². The third-order valence-corrected chi connectivity index (χ3v) is 4.80. The molecule has 0 saturated heterocycles. The van der Waals surface area contributed by atoms with Crippen molar-refractivity contribution in [3.8, 4) is 5.75 Å². The average molecular weight is 385 g/mol. The first-order valence-corrected chi connectivity index (χ1v) is 8.74. The number of benzene rings is 1. The number of aliphatic hydroxyl groups excluding tert-OH is 2. The number of carbonyl (C=O) groups excluding carboxylic acids is 2. The number of methoxy groups -OCH3 is 1. The Hall–Kier alpha value is -3.01. The molecule has 9 nitrogen and oxygen atoms in total. The van der Waals surface area contributed by atoms with Gasteiger partial charge in [-0.1, -0.05) is 12.1 Å². The maximum Gasteiger partial charge on any atom is 0.230 e. The Kier molecular flexibility index (Phi) is 4.71. The van der Waals surface area contributed by atoms with Crippen LogP contribution < -0.4 is 10.1 Å². The minimum absolute atomic E-state index is 0.0323. The maximum atomic E-state index is 12.9. The molecule has 3 N–H and O–H groups in total. The van der Waals surface area contributed by atoms with E-state index < -0.39 is 24.6 Å². The molecule has 0 unspecified atom stereocenters. The first kappa shape index (κ1) is 18.4. The van der Waals surface area contributed by atoms with E-state index in [-0.39, 0.29) is 36.0 Å². The summed E-state index contributed by atoms with van der Waals surface area (Å²) in [7, 11) is 1.52. The van der Waals surface area contributed by atoms with Gasteiger partial charge in [0.1, 0.15) is 41.8 Å². The van der Waals surface area contributed by atoms with E-state index in [9.17, 15) is 14.7 Å². The lowest BCUT2D eigenvalue weighted by atomic mass is 10.0. The summed E-state index contributed by atoms with van der Waals surface area (Å²) in [6.45, 7) is -0.303. The van der Waals surface area contributed by atoms with Gasteiger partial charge in [-0.3, -0.25) is 9.59 Å². The highest BCUT2D eigenvalue weighted by Gasteiger charge is 2.36. The highest BCUT2D eigenvalue weighted by Crippen LogP contribution is 2.30. The van der Waals surface area contributed by atoms with Gasteiger partial charge >= 0.3 is 0 Å². The van der Waals surface area contributed by atoms with Crippen LogP contribution in [0.4, 0.5) is 5.69 Å². The molecule has 1 aromatic carbocycles. The Morgan fingerprint density at radius 1 is 1.39 bits per heavy atom. The van der Waals surface area contributed by atoms with Crippen LogP contribution in [0.15, 0.2) is 36.0 Å². The van der Waals surface area contributed by atoms with E-state index in [1.807, 2.05) is 0 Å². The van der Waals surface area contributed by atoms with E-state index in [1.165, 1.54) is 13.2 Å². The molecule has 4 rings (SSSR count). The number of hydrogen-bond acceptors (Lipinski definition) is 8. The zero-order chi connectivity index (χ0) is 19.8. The van der Waals surface area contributed by atoms with Gasteiger partial charge in [-0.25, -0.2) is 4.98 Å². The van der Waals surface area contributed by atoms with Gasteiger partial charge in [0.15, 0.2) is 0 Å². The van der Waals surface area contributed by atoms with Crippen molar-refractivity contribution < 1.29 is 29.3 Å². The summed E-state index contributed by atoms with van der Waals surface area (Å²) in [6.07, 6.45) is -0.534. The van der Waals surface area contributed by atoms with Gasteiger partial charge in [-0.2, -0.15) is 0 Å². The summed E-state index contributed by atoms with van der Waals surface area (Å²) in [5.74, 6) is 0.180. The Morgan fingerprint density at radius 3 is 2.93 bits per heavy atom. The maximum absolute atomic E-state index is 12.9. The van der Waals surface area contributed by atoms with Gasteiger partial charge in [0.25, 0.3) is 0 Å². The number of nitrogens with one attached hydrogen (secondary N) is 1. The molecule has 1 aliphatic heterocycles. The van der Waals surface area contributed by atoms with Gasteiger partial charge in [0.05, 0.1) is 31.6 Å². The number of hydrogen-bond donors (Lipinski definition) is 3. The second kappa shape index (κ2) is 7.19. The van der Waals surface area contributed by atoms with Gasteiger partial charge < -0.3 is 29.6 Å². The summed E-state index contributed by atoms with van der Waals surface area (Å²) in [5, 5.41) is 21.9. The lowest BCUT2D eigenvalue weighted by Crippen LogP contribution is -2.40. The number of Topliss-reactive ketones (excluding diaryl/α,β-unsaturated/α-hetero) is 1. The quantitative estimate of drug-likeness (QED) is 0.681. The zero-order valence-corrected chi connectivity index (χ0v) is 15.1. The molecule has 2 aromatic rings. The van der Waals surface area contributed by atoms with E-state index in [2.05, 4.69) is 10.3 Å². The molecule has 2 aliphatic rings. The second-order valence-corrected chi connectivity index (χ2v) is 6.51. The van der Waals surface area contributed by atoms with Crippen LogP contribution in [-0.4, -0.2) is 57.3 Å². The number of ketones is 2. The van der Waals surface area contributed by atoms with Crippen LogP contribution >= 0.6 is 0 Å². The minimum Gasteiger partial charge on any atom is -0.495 e. The van der Waals surface area contributed by atoms with Gasteiger partial charge in [0.2, 0.25) is 11.6 Å². The minimum atomic E-state index is -1.08. The number of rotatable bonds is 5. The molecule has 1 aromatic heterocycles. The van der Waals surface area contributed by atoms with Crippen molar-refractivity contribution in [1.82, 2.24) is 9.55 Å². The van der Waals surface area contributed by atoms with Crippen molar-refractivity contribution in [3.05, 3.63) is 53.3 Å². The van der Waals surface area contributed by atoms with Crippen LogP contribution in [0.1, 0.15) is 26.8 Å². The highest BCUT2D eigenvalue weighted by atomic mass is 16.5. The molecule has 2 atom stereocenters. The molecular formula is C19H19N3O6. The topological polar surface area (TPSA) is 123 Å². The fourth-order valence-corrected chi connectivity index (χ4v) is 3.36. The van der Waals surface area contributed by atoms with Crippen LogP contribution in [0.2, 0.25) is 0 Å². The zero-order valence-electron chi connectivity index (χ0n) is 15.1. The predicted octanol–water partition coefficient (Wildman–Crippen LogP) is 0.519. The number of imidazole rings is 1. The number of anilines is 1. The van der Waals surface area contributed by atoms with Crippen LogP contribution in [-0.2, 0) is 17.9 Å². The Labute approximate surface area is 160 Å².